The van der Waals surface area contributed by atoms with Gasteiger partial charge in [0, 0.05) is 6.54 Å². The van der Waals surface area contributed by atoms with Crippen LogP contribution in [0.4, 0.5) is 0 Å². The molecule has 1 saturated heterocycles. The van der Waals surface area contributed by atoms with Crippen molar-refractivity contribution in [3.8, 4) is 0 Å². The highest BCUT2D eigenvalue weighted by Crippen LogP contribution is 2.31. The van der Waals surface area contributed by atoms with Gasteiger partial charge in [0.1, 0.15) is 5.60 Å². The number of aliphatic hydroxyl groups is 1. The molecule has 1 heterocycles. The lowest BCUT2D eigenvalue weighted by Gasteiger charge is -2.34. The van der Waals surface area contributed by atoms with Crippen molar-refractivity contribution in [1.29, 1.82) is 0 Å². The molecule has 0 radical (unpaired) electrons. The van der Waals surface area contributed by atoms with Crippen LogP contribution in [-0.2, 0) is 18.4 Å². The molecule has 1 aromatic rings. The summed E-state index contributed by atoms with van der Waals surface area (Å²) in [4.78, 5) is 0. The zero-order valence-corrected chi connectivity index (χ0v) is 10.3. The first-order valence-corrected chi connectivity index (χ1v) is 6.83. The van der Waals surface area contributed by atoms with Crippen LogP contribution in [0.5, 0.6) is 0 Å². The second-order valence-corrected chi connectivity index (χ2v) is 5.50. The Kier molecular flexibility index (Phi) is 2.93. The maximum absolute atomic E-state index is 10.7. The van der Waals surface area contributed by atoms with E-state index >= 15 is 0 Å². The van der Waals surface area contributed by atoms with Gasteiger partial charge >= 0.3 is 0 Å². The monoisotopic (exact) mass is 231 g/mol. The lowest BCUT2D eigenvalue weighted by molar-refractivity contribution is 0.0122. The largest absolute Gasteiger partial charge is 0.384 e. The van der Waals surface area contributed by atoms with E-state index in [1.54, 1.807) is 0 Å². The third-order valence-corrected chi connectivity index (χ3v) is 4.25. The van der Waals surface area contributed by atoms with Crippen LogP contribution >= 0.6 is 0 Å². The van der Waals surface area contributed by atoms with E-state index in [0.717, 1.165) is 24.9 Å². The highest BCUT2D eigenvalue weighted by molar-refractivity contribution is 5.36. The summed E-state index contributed by atoms with van der Waals surface area (Å²) < 4.78 is 0. The Hall–Kier alpha value is -0.860. The minimum absolute atomic E-state index is 0.634. The SMILES string of the molecule is OC1(c2ccc3c(c2)CCCC3)CCCNC1. The van der Waals surface area contributed by atoms with Gasteiger partial charge in [0.05, 0.1) is 0 Å². The fraction of sp³-hybridized carbons (Fsp3) is 0.600. The Morgan fingerprint density at radius 1 is 1.06 bits per heavy atom. The summed E-state index contributed by atoms with van der Waals surface area (Å²) in [6, 6.07) is 6.62. The van der Waals surface area contributed by atoms with E-state index in [1.807, 2.05) is 0 Å². The molecule has 1 aromatic carbocycles. The van der Waals surface area contributed by atoms with Crippen LogP contribution in [0.15, 0.2) is 18.2 Å². The summed E-state index contributed by atoms with van der Waals surface area (Å²) >= 11 is 0. The quantitative estimate of drug-likeness (QED) is 0.776. The molecule has 2 heteroatoms. The maximum Gasteiger partial charge on any atom is 0.102 e. The molecule has 2 nitrogen and oxygen atoms in total. The Morgan fingerprint density at radius 3 is 2.65 bits per heavy atom. The van der Waals surface area contributed by atoms with Gasteiger partial charge in [0.25, 0.3) is 0 Å². The van der Waals surface area contributed by atoms with E-state index in [1.165, 1.54) is 36.8 Å². The van der Waals surface area contributed by atoms with Crippen molar-refractivity contribution in [2.45, 2.75) is 44.1 Å². The smallest absolute Gasteiger partial charge is 0.102 e. The molecule has 1 unspecified atom stereocenters. The highest BCUT2D eigenvalue weighted by atomic mass is 16.3. The molecule has 0 amide bonds. The second kappa shape index (κ2) is 4.43. The van der Waals surface area contributed by atoms with Crippen molar-refractivity contribution >= 4 is 0 Å². The number of hydrogen-bond acceptors (Lipinski definition) is 2. The number of aryl methyl sites for hydroxylation is 2. The van der Waals surface area contributed by atoms with Crippen molar-refractivity contribution in [1.82, 2.24) is 5.32 Å². The Balaban J connectivity index is 1.92. The van der Waals surface area contributed by atoms with Crippen LogP contribution < -0.4 is 5.32 Å². The Bertz CT molecular complexity index is 407. The first-order valence-electron chi connectivity index (χ1n) is 6.83. The molecule has 2 N–H and O–H groups in total. The normalized spacial score (nSPS) is 28.8. The van der Waals surface area contributed by atoms with Gasteiger partial charge in [-0.3, -0.25) is 0 Å². The van der Waals surface area contributed by atoms with Crippen molar-refractivity contribution in [2.24, 2.45) is 0 Å². The van der Waals surface area contributed by atoms with Crippen molar-refractivity contribution in [3.05, 3.63) is 34.9 Å². The minimum atomic E-state index is -0.634. The summed E-state index contributed by atoms with van der Waals surface area (Å²) in [5.74, 6) is 0. The average molecular weight is 231 g/mol. The molecular weight excluding hydrogens is 210 g/mol. The van der Waals surface area contributed by atoms with Crippen molar-refractivity contribution < 1.29 is 5.11 Å². The van der Waals surface area contributed by atoms with Crippen molar-refractivity contribution in [2.75, 3.05) is 13.1 Å². The Labute approximate surface area is 103 Å². The number of β-amino-alcohol motifs (C(OH)–C–C–N with tert-alkyl or cyclic N) is 1. The first-order chi connectivity index (χ1) is 8.28. The number of piperidine rings is 1. The van der Waals surface area contributed by atoms with Crippen LogP contribution in [0.25, 0.3) is 0 Å². The molecule has 2 aliphatic rings. The van der Waals surface area contributed by atoms with Gasteiger partial charge in [0.2, 0.25) is 0 Å². The van der Waals surface area contributed by atoms with Crippen LogP contribution in [0.1, 0.15) is 42.4 Å². The van der Waals surface area contributed by atoms with Crippen LogP contribution in [0.2, 0.25) is 0 Å². The standard InChI is InChI=1S/C15H21NO/c17-15(8-3-9-16-11-15)14-7-6-12-4-1-2-5-13(12)10-14/h6-7,10,16-17H,1-5,8-9,11H2. The van der Waals surface area contributed by atoms with Gasteiger partial charge in [-0.05, 0) is 61.8 Å². The van der Waals surface area contributed by atoms with Gasteiger partial charge in [-0.25, -0.2) is 0 Å². The fourth-order valence-corrected chi connectivity index (χ4v) is 3.16. The van der Waals surface area contributed by atoms with E-state index in [9.17, 15) is 5.11 Å². The van der Waals surface area contributed by atoms with E-state index in [2.05, 4.69) is 23.5 Å². The maximum atomic E-state index is 10.7. The van der Waals surface area contributed by atoms with Crippen LogP contribution in [-0.4, -0.2) is 18.2 Å². The van der Waals surface area contributed by atoms with Gasteiger partial charge in [0.15, 0.2) is 0 Å². The van der Waals surface area contributed by atoms with Gasteiger partial charge in [-0.15, -0.1) is 0 Å². The summed E-state index contributed by atoms with van der Waals surface area (Å²) in [5, 5.41) is 14.0. The zero-order valence-electron chi connectivity index (χ0n) is 10.3. The molecule has 92 valence electrons. The highest BCUT2D eigenvalue weighted by Gasteiger charge is 2.31. The fourth-order valence-electron chi connectivity index (χ4n) is 3.16. The van der Waals surface area contributed by atoms with Crippen molar-refractivity contribution in [3.63, 3.8) is 0 Å². The molecule has 1 atom stereocenters. The summed E-state index contributed by atoms with van der Waals surface area (Å²) in [6.45, 7) is 1.74. The van der Waals surface area contributed by atoms with E-state index in [-0.39, 0.29) is 0 Å². The summed E-state index contributed by atoms with van der Waals surface area (Å²) in [5.41, 5.74) is 3.44. The molecule has 1 aliphatic carbocycles. The number of nitrogens with one attached hydrogen (secondary N) is 1. The van der Waals surface area contributed by atoms with E-state index in [4.69, 9.17) is 0 Å². The molecule has 3 rings (SSSR count). The predicted molar refractivity (Wildman–Crippen MR) is 69.1 cm³/mol. The first kappa shape index (κ1) is 11.2. The molecule has 1 aliphatic heterocycles. The summed E-state index contributed by atoms with van der Waals surface area (Å²) in [7, 11) is 0. The molecule has 1 fully saturated rings. The molecule has 0 bridgehead atoms. The molecule has 17 heavy (non-hydrogen) atoms. The second-order valence-electron chi connectivity index (χ2n) is 5.50. The van der Waals surface area contributed by atoms with Crippen LogP contribution in [0, 0.1) is 0 Å². The number of rotatable bonds is 1. The van der Waals surface area contributed by atoms with Crippen LogP contribution in [0.3, 0.4) is 0 Å². The predicted octanol–water partition coefficient (Wildman–Crippen LogP) is 2.14. The molecule has 0 saturated carbocycles. The Morgan fingerprint density at radius 2 is 1.88 bits per heavy atom. The molecule has 0 spiro atoms. The average Bonchev–Trinajstić information content (AvgIpc) is 2.39. The zero-order chi connectivity index (χ0) is 11.7. The molecule has 0 aromatic heterocycles. The lowest BCUT2D eigenvalue weighted by Crippen LogP contribution is -2.43. The lowest BCUT2D eigenvalue weighted by atomic mass is 9.82. The van der Waals surface area contributed by atoms with Gasteiger partial charge in [-0.1, -0.05) is 18.2 Å². The topological polar surface area (TPSA) is 32.3 Å². The molecular formula is C15H21NO. The number of benzene rings is 1. The summed E-state index contributed by atoms with van der Waals surface area (Å²) in [6.07, 6.45) is 6.97. The minimum Gasteiger partial charge on any atom is -0.384 e. The van der Waals surface area contributed by atoms with E-state index < -0.39 is 5.60 Å². The number of fused-ring (bicyclic) bond motifs is 1. The van der Waals surface area contributed by atoms with E-state index in [0.29, 0.717) is 6.54 Å². The third kappa shape index (κ3) is 2.12. The van der Waals surface area contributed by atoms with Gasteiger partial charge < -0.3 is 10.4 Å². The third-order valence-electron chi connectivity index (χ3n) is 4.25. The van der Waals surface area contributed by atoms with Gasteiger partial charge in [-0.2, -0.15) is 0 Å². The number of hydrogen-bond donors (Lipinski definition) is 2.